The normalized spacial score (nSPS) is 21.9. The predicted octanol–water partition coefficient (Wildman–Crippen LogP) is 1.42. The molecule has 1 rings (SSSR count). The van der Waals surface area contributed by atoms with Crippen molar-refractivity contribution < 1.29 is 4.79 Å². The van der Waals surface area contributed by atoms with Gasteiger partial charge in [0.25, 0.3) is 0 Å². The molecule has 14 heavy (non-hydrogen) atoms. The van der Waals surface area contributed by atoms with Crippen molar-refractivity contribution in [1.29, 1.82) is 0 Å². The number of nitrogens with one attached hydrogen (secondary N) is 1. The van der Waals surface area contributed by atoms with Crippen molar-refractivity contribution in [2.24, 2.45) is 11.1 Å². The van der Waals surface area contributed by atoms with Gasteiger partial charge in [-0.2, -0.15) is 0 Å². The molecule has 82 valence electrons. The minimum Gasteiger partial charge on any atom is -0.354 e. The van der Waals surface area contributed by atoms with Crippen LogP contribution in [0.4, 0.5) is 0 Å². The highest BCUT2D eigenvalue weighted by Crippen LogP contribution is 2.40. The van der Waals surface area contributed by atoms with E-state index in [1.54, 1.807) is 6.92 Å². The summed E-state index contributed by atoms with van der Waals surface area (Å²) in [5.74, 6) is -0.0234. The fourth-order valence-corrected chi connectivity index (χ4v) is 2.22. The van der Waals surface area contributed by atoms with Crippen LogP contribution < -0.4 is 11.1 Å². The number of rotatable bonds is 4. The first-order valence-electron chi connectivity index (χ1n) is 5.63. The summed E-state index contributed by atoms with van der Waals surface area (Å²) in [6, 6.07) is -0.384. The van der Waals surface area contributed by atoms with Crippen molar-refractivity contribution in [3.8, 4) is 0 Å². The SMILES string of the molecule is CCC1(CNC(=O)C(C)N)CCCC1. The van der Waals surface area contributed by atoms with Crippen LogP contribution in [0.15, 0.2) is 0 Å². The van der Waals surface area contributed by atoms with Gasteiger partial charge in [0.05, 0.1) is 6.04 Å². The molecule has 1 saturated carbocycles. The molecule has 3 N–H and O–H groups in total. The summed E-state index contributed by atoms with van der Waals surface area (Å²) in [4.78, 5) is 11.3. The summed E-state index contributed by atoms with van der Waals surface area (Å²) in [6.07, 6.45) is 6.28. The van der Waals surface area contributed by atoms with Crippen LogP contribution in [0.5, 0.6) is 0 Å². The molecule has 1 atom stereocenters. The Balaban J connectivity index is 2.38. The quantitative estimate of drug-likeness (QED) is 0.718. The van der Waals surface area contributed by atoms with Crippen LogP contribution in [-0.4, -0.2) is 18.5 Å². The van der Waals surface area contributed by atoms with Crippen LogP contribution in [0, 0.1) is 5.41 Å². The average Bonchev–Trinajstić information content (AvgIpc) is 2.63. The fourth-order valence-electron chi connectivity index (χ4n) is 2.22. The molecular weight excluding hydrogens is 176 g/mol. The maximum atomic E-state index is 11.3. The molecule has 3 heteroatoms. The molecule has 3 nitrogen and oxygen atoms in total. The Labute approximate surface area is 86.4 Å². The van der Waals surface area contributed by atoms with Crippen LogP contribution in [0.3, 0.4) is 0 Å². The van der Waals surface area contributed by atoms with E-state index in [1.807, 2.05) is 0 Å². The molecule has 1 aliphatic rings. The summed E-state index contributed by atoms with van der Waals surface area (Å²) in [5.41, 5.74) is 5.86. The molecule has 0 radical (unpaired) electrons. The predicted molar refractivity (Wildman–Crippen MR) is 57.9 cm³/mol. The highest BCUT2D eigenvalue weighted by molar-refractivity contribution is 5.80. The summed E-state index contributed by atoms with van der Waals surface area (Å²) < 4.78 is 0. The van der Waals surface area contributed by atoms with Crippen LogP contribution in [0.25, 0.3) is 0 Å². The topological polar surface area (TPSA) is 55.1 Å². The van der Waals surface area contributed by atoms with E-state index >= 15 is 0 Å². The zero-order valence-corrected chi connectivity index (χ0v) is 9.31. The minimum absolute atomic E-state index is 0.0234. The third kappa shape index (κ3) is 2.71. The molecule has 0 aliphatic heterocycles. The maximum Gasteiger partial charge on any atom is 0.236 e. The Morgan fingerprint density at radius 3 is 2.50 bits per heavy atom. The van der Waals surface area contributed by atoms with Crippen molar-refractivity contribution >= 4 is 5.91 Å². The summed E-state index contributed by atoms with van der Waals surface area (Å²) in [6.45, 7) is 4.75. The molecule has 1 fully saturated rings. The van der Waals surface area contributed by atoms with E-state index in [0.717, 1.165) is 13.0 Å². The van der Waals surface area contributed by atoms with Crippen molar-refractivity contribution in [3.05, 3.63) is 0 Å². The molecule has 0 heterocycles. The Morgan fingerprint density at radius 1 is 1.50 bits per heavy atom. The standard InChI is InChI=1S/C11H22N2O/c1-3-11(6-4-5-7-11)8-13-10(14)9(2)12/h9H,3-8,12H2,1-2H3,(H,13,14). The van der Waals surface area contributed by atoms with Gasteiger partial charge in [-0.1, -0.05) is 19.8 Å². The van der Waals surface area contributed by atoms with Gasteiger partial charge < -0.3 is 11.1 Å². The molecule has 0 aromatic carbocycles. The first-order chi connectivity index (χ1) is 6.59. The molecule has 1 unspecified atom stereocenters. The zero-order chi connectivity index (χ0) is 10.6. The van der Waals surface area contributed by atoms with Crippen LogP contribution >= 0.6 is 0 Å². The molecule has 0 aromatic rings. The van der Waals surface area contributed by atoms with E-state index in [9.17, 15) is 4.79 Å². The van der Waals surface area contributed by atoms with Gasteiger partial charge in [-0.25, -0.2) is 0 Å². The molecule has 0 aromatic heterocycles. The first kappa shape index (κ1) is 11.5. The van der Waals surface area contributed by atoms with Gasteiger partial charge in [0.1, 0.15) is 0 Å². The molecule has 1 aliphatic carbocycles. The smallest absolute Gasteiger partial charge is 0.236 e. The molecule has 1 amide bonds. The summed E-state index contributed by atoms with van der Waals surface area (Å²) >= 11 is 0. The second-order valence-corrected chi connectivity index (χ2v) is 4.57. The second kappa shape index (κ2) is 4.78. The van der Waals surface area contributed by atoms with E-state index in [4.69, 9.17) is 5.73 Å². The van der Waals surface area contributed by atoms with Crippen molar-refractivity contribution in [3.63, 3.8) is 0 Å². The number of hydrogen-bond donors (Lipinski definition) is 2. The lowest BCUT2D eigenvalue weighted by molar-refractivity contribution is -0.122. The first-order valence-corrected chi connectivity index (χ1v) is 5.63. The van der Waals surface area contributed by atoms with E-state index in [1.165, 1.54) is 25.7 Å². The van der Waals surface area contributed by atoms with E-state index < -0.39 is 0 Å². The monoisotopic (exact) mass is 198 g/mol. The molecule has 0 bridgehead atoms. The summed E-state index contributed by atoms with van der Waals surface area (Å²) in [5, 5.41) is 2.95. The third-order valence-electron chi connectivity index (χ3n) is 3.47. The van der Waals surface area contributed by atoms with Gasteiger partial charge in [-0.15, -0.1) is 0 Å². The Hall–Kier alpha value is -0.570. The number of hydrogen-bond acceptors (Lipinski definition) is 2. The van der Waals surface area contributed by atoms with E-state index in [0.29, 0.717) is 5.41 Å². The molecular formula is C11H22N2O. The van der Waals surface area contributed by atoms with Crippen LogP contribution in [0.2, 0.25) is 0 Å². The third-order valence-corrected chi connectivity index (χ3v) is 3.47. The van der Waals surface area contributed by atoms with Crippen molar-refractivity contribution in [2.75, 3.05) is 6.54 Å². The number of nitrogens with two attached hydrogens (primary N) is 1. The van der Waals surface area contributed by atoms with Gasteiger partial charge >= 0.3 is 0 Å². The van der Waals surface area contributed by atoms with E-state index in [2.05, 4.69) is 12.2 Å². The fraction of sp³-hybridized carbons (Fsp3) is 0.909. The Morgan fingerprint density at radius 2 is 2.07 bits per heavy atom. The average molecular weight is 198 g/mol. The van der Waals surface area contributed by atoms with E-state index in [-0.39, 0.29) is 11.9 Å². The van der Waals surface area contributed by atoms with Gasteiger partial charge in [-0.05, 0) is 31.6 Å². The van der Waals surface area contributed by atoms with Crippen LogP contribution in [-0.2, 0) is 4.79 Å². The number of carbonyl (C=O) groups is 1. The van der Waals surface area contributed by atoms with Crippen LogP contribution in [0.1, 0.15) is 46.0 Å². The lowest BCUT2D eigenvalue weighted by atomic mass is 9.83. The number of carbonyl (C=O) groups excluding carboxylic acids is 1. The second-order valence-electron chi connectivity index (χ2n) is 4.57. The highest BCUT2D eigenvalue weighted by Gasteiger charge is 2.32. The maximum absolute atomic E-state index is 11.3. The largest absolute Gasteiger partial charge is 0.354 e. The molecule has 0 saturated heterocycles. The number of amides is 1. The zero-order valence-electron chi connectivity index (χ0n) is 9.31. The van der Waals surface area contributed by atoms with Crippen molar-refractivity contribution in [1.82, 2.24) is 5.32 Å². The molecule has 0 spiro atoms. The van der Waals surface area contributed by atoms with Crippen molar-refractivity contribution in [2.45, 2.75) is 52.0 Å². The Bertz CT molecular complexity index is 195. The van der Waals surface area contributed by atoms with Gasteiger partial charge in [0, 0.05) is 6.54 Å². The van der Waals surface area contributed by atoms with Gasteiger partial charge in [-0.3, -0.25) is 4.79 Å². The lowest BCUT2D eigenvalue weighted by Crippen LogP contribution is -2.43. The minimum atomic E-state index is -0.384. The highest BCUT2D eigenvalue weighted by atomic mass is 16.2. The van der Waals surface area contributed by atoms with Gasteiger partial charge in [0.2, 0.25) is 5.91 Å². The summed E-state index contributed by atoms with van der Waals surface area (Å²) in [7, 11) is 0. The van der Waals surface area contributed by atoms with Gasteiger partial charge in [0.15, 0.2) is 0 Å². The lowest BCUT2D eigenvalue weighted by Gasteiger charge is -2.28. The Kier molecular flexibility index (Phi) is 3.93.